The zero-order valence-corrected chi connectivity index (χ0v) is 23.9. The highest BCUT2D eigenvalue weighted by Crippen LogP contribution is 2.25. The standard InChI is InChI=1S/C32H26N6O3S/c1-21(25-14-13-23-9-7-8-10-26(23)19-25)34-36-29(24-15-17-28(18-16-24)38(40)41)20-42-32(36)33-30-22(2)35(3)37(31(30)39)27-11-5-4-6-12-27/h4-20H,1-3H3. The van der Waals surface area contributed by atoms with E-state index < -0.39 is 4.92 Å². The molecule has 0 aliphatic heterocycles. The number of non-ortho nitro benzene ring substituents is 1. The lowest BCUT2D eigenvalue weighted by Crippen LogP contribution is -2.20. The SMILES string of the molecule is CC(=Nn1c(-c2ccc([N+](=O)[O-])cc2)csc1=Nc1c(C)n(C)n(-c2ccccc2)c1=O)c1ccc2ccccc2c1. The number of thiazole rings is 1. The molecule has 0 atom stereocenters. The first kappa shape index (κ1) is 26.9. The molecule has 0 radical (unpaired) electrons. The highest BCUT2D eigenvalue weighted by atomic mass is 32.1. The quantitative estimate of drug-likeness (QED) is 0.128. The van der Waals surface area contributed by atoms with E-state index in [0.29, 0.717) is 21.9 Å². The molecule has 0 bridgehead atoms. The van der Waals surface area contributed by atoms with Crippen molar-refractivity contribution >= 4 is 39.2 Å². The molecule has 0 N–H and O–H groups in total. The molecule has 2 aromatic heterocycles. The molecule has 9 nitrogen and oxygen atoms in total. The van der Waals surface area contributed by atoms with Gasteiger partial charge in [0.1, 0.15) is 0 Å². The minimum Gasteiger partial charge on any atom is -0.283 e. The Kier molecular flexibility index (Phi) is 6.97. The van der Waals surface area contributed by atoms with E-state index in [9.17, 15) is 14.9 Å². The van der Waals surface area contributed by atoms with Crippen molar-refractivity contribution in [3.8, 4) is 16.9 Å². The molecule has 0 saturated carbocycles. The molecule has 0 aliphatic rings. The van der Waals surface area contributed by atoms with Crippen LogP contribution in [0.4, 0.5) is 11.4 Å². The maximum absolute atomic E-state index is 13.6. The Bertz CT molecular complexity index is 2120. The van der Waals surface area contributed by atoms with Gasteiger partial charge in [-0.15, -0.1) is 11.3 Å². The van der Waals surface area contributed by atoms with Crippen LogP contribution in [0.1, 0.15) is 18.2 Å². The number of nitrogens with zero attached hydrogens (tertiary/aromatic N) is 6. The number of hydrogen-bond donors (Lipinski definition) is 0. The van der Waals surface area contributed by atoms with Gasteiger partial charge in [0.2, 0.25) is 4.80 Å². The minimum atomic E-state index is -0.426. The lowest BCUT2D eigenvalue weighted by atomic mass is 10.0. The van der Waals surface area contributed by atoms with Crippen LogP contribution in [0, 0.1) is 17.0 Å². The van der Waals surface area contributed by atoms with Crippen molar-refractivity contribution in [2.45, 2.75) is 13.8 Å². The second kappa shape index (κ2) is 10.9. The van der Waals surface area contributed by atoms with E-state index in [1.807, 2.05) is 74.8 Å². The average Bonchev–Trinajstić information content (AvgIpc) is 3.50. The van der Waals surface area contributed by atoms with E-state index in [1.54, 1.807) is 26.2 Å². The van der Waals surface area contributed by atoms with Crippen LogP contribution in [0.15, 0.2) is 117 Å². The third-order valence-corrected chi connectivity index (χ3v) is 8.02. The van der Waals surface area contributed by atoms with E-state index >= 15 is 0 Å². The van der Waals surface area contributed by atoms with Crippen LogP contribution in [0.25, 0.3) is 27.7 Å². The molecule has 0 amide bonds. The zero-order valence-electron chi connectivity index (χ0n) is 23.1. The lowest BCUT2D eigenvalue weighted by molar-refractivity contribution is -0.384. The largest absolute Gasteiger partial charge is 0.297 e. The molecule has 42 heavy (non-hydrogen) atoms. The molecule has 0 spiro atoms. The maximum atomic E-state index is 13.6. The van der Waals surface area contributed by atoms with Crippen LogP contribution in [0.2, 0.25) is 0 Å². The number of fused-ring (bicyclic) bond motifs is 1. The van der Waals surface area contributed by atoms with Gasteiger partial charge in [0, 0.05) is 30.1 Å². The van der Waals surface area contributed by atoms with Crippen LogP contribution in [0.5, 0.6) is 0 Å². The molecule has 208 valence electrons. The Labute approximate surface area is 244 Å². The Morgan fingerprint density at radius 1 is 0.905 bits per heavy atom. The summed E-state index contributed by atoms with van der Waals surface area (Å²) in [6, 6.07) is 30.0. The summed E-state index contributed by atoms with van der Waals surface area (Å²) >= 11 is 1.34. The first-order valence-corrected chi connectivity index (χ1v) is 14.1. The predicted molar refractivity (Wildman–Crippen MR) is 167 cm³/mol. The molecule has 4 aromatic carbocycles. The lowest BCUT2D eigenvalue weighted by Gasteiger charge is -2.07. The minimum absolute atomic E-state index is 0.00246. The van der Waals surface area contributed by atoms with Crippen molar-refractivity contribution in [3.63, 3.8) is 0 Å². The van der Waals surface area contributed by atoms with Gasteiger partial charge in [0.15, 0.2) is 5.69 Å². The van der Waals surface area contributed by atoms with Gasteiger partial charge in [-0.1, -0.05) is 54.6 Å². The van der Waals surface area contributed by atoms with Crippen LogP contribution >= 0.6 is 11.3 Å². The number of para-hydroxylation sites is 1. The summed E-state index contributed by atoms with van der Waals surface area (Å²) < 4.78 is 5.08. The van der Waals surface area contributed by atoms with Crippen molar-refractivity contribution in [1.82, 2.24) is 14.0 Å². The molecule has 0 aliphatic carbocycles. The highest BCUT2D eigenvalue weighted by molar-refractivity contribution is 7.07. The average molecular weight is 575 g/mol. The summed E-state index contributed by atoms with van der Waals surface area (Å²) in [6.45, 7) is 3.78. The van der Waals surface area contributed by atoms with Gasteiger partial charge in [-0.05, 0) is 60.5 Å². The molecular formula is C32H26N6O3S. The van der Waals surface area contributed by atoms with Gasteiger partial charge >= 0.3 is 0 Å². The van der Waals surface area contributed by atoms with Crippen molar-refractivity contribution in [2.75, 3.05) is 0 Å². The monoisotopic (exact) mass is 574 g/mol. The molecule has 2 heterocycles. The summed E-state index contributed by atoms with van der Waals surface area (Å²) in [5, 5.41) is 20.3. The third-order valence-electron chi connectivity index (χ3n) is 7.21. The smallest absolute Gasteiger partial charge is 0.283 e. The van der Waals surface area contributed by atoms with Crippen molar-refractivity contribution < 1.29 is 4.92 Å². The van der Waals surface area contributed by atoms with Crippen LogP contribution < -0.4 is 10.4 Å². The van der Waals surface area contributed by atoms with E-state index in [2.05, 4.69) is 24.3 Å². The predicted octanol–water partition coefficient (Wildman–Crippen LogP) is 6.58. The number of benzene rings is 4. The summed E-state index contributed by atoms with van der Waals surface area (Å²) in [5.74, 6) is 0. The van der Waals surface area contributed by atoms with Gasteiger partial charge < -0.3 is 0 Å². The normalized spacial score (nSPS) is 12.3. The fourth-order valence-corrected chi connectivity index (χ4v) is 5.66. The third kappa shape index (κ3) is 4.88. The Hall–Kier alpha value is -5.35. The maximum Gasteiger partial charge on any atom is 0.297 e. The van der Waals surface area contributed by atoms with Crippen molar-refractivity contribution in [2.24, 2.45) is 17.1 Å². The van der Waals surface area contributed by atoms with Crippen molar-refractivity contribution in [3.05, 3.63) is 139 Å². The van der Waals surface area contributed by atoms with E-state index in [1.165, 1.54) is 23.5 Å². The number of hydrogen-bond acceptors (Lipinski definition) is 6. The van der Waals surface area contributed by atoms with E-state index in [-0.39, 0.29) is 11.2 Å². The summed E-state index contributed by atoms with van der Waals surface area (Å²) in [7, 11) is 1.83. The molecule has 0 fully saturated rings. The van der Waals surface area contributed by atoms with Gasteiger partial charge in [0.25, 0.3) is 11.2 Å². The summed E-state index contributed by atoms with van der Waals surface area (Å²) in [5.41, 5.74) is 4.64. The van der Waals surface area contributed by atoms with Gasteiger partial charge in [0.05, 0.1) is 27.7 Å². The van der Waals surface area contributed by atoms with Crippen LogP contribution in [0.3, 0.4) is 0 Å². The Morgan fingerprint density at radius 3 is 2.31 bits per heavy atom. The molecule has 6 aromatic rings. The number of nitro groups is 1. The molecule has 0 unspecified atom stereocenters. The number of aromatic nitrogens is 3. The van der Waals surface area contributed by atoms with Crippen molar-refractivity contribution in [1.29, 1.82) is 0 Å². The van der Waals surface area contributed by atoms with Gasteiger partial charge in [-0.3, -0.25) is 19.6 Å². The first-order chi connectivity index (χ1) is 20.3. The molecular weight excluding hydrogens is 548 g/mol. The Balaban J connectivity index is 1.54. The summed E-state index contributed by atoms with van der Waals surface area (Å²) in [4.78, 5) is 29.8. The highest BCUT2D eigenvalue weighted by Gasteiger charge is 2.17. The molecule has 0 saturated heterocycles. The molecule has 10 heteroatoms. The van der Waals surface area contributed by atoms with Crippen LogP contribution in [-0.4, -0.2) is 24.7 Å². The number of rotatable bonds is 6. The number of nitro benzene ring substituents is 1. The topological polar surface area (TPSA) is 99.7 Å². The molecule has 6 rings (SSSR count). The van der Waals surface area contributed by atoms with Gasteiger partial charge in [-0.2, -0.15) is 5.10 Å². The van der Waals surface area contributed by atoms with Gasteiger partial charge in [-0.25, -0.2) is 14.4 Å². The van der Waals surface area contributed by atoms with Crippen LogP contribution in [-0.2, 0) is 7.05 Å². The van der Waals surface area contributed by atoms with E-state index in [4.69, 9.17) is 10.1 Å². The zero-order chi connectivity index (χ0) is 29.4. The second-order valence-corrected chi connectivity index (χ2v) is 10.6. The first-order valence-electron chi connectivity index (χ1n) is 13.2. The fraction of sp³-hybridized carbons (Fsp3) is 0.0938. The second-order valence-electron chi connectivity index (χ2n) is 9.79. The Morgan fingerprint density at radius 2 is 1.60 bits per heavy atom. The van der Waals surface area contributed by atoms with E-state index in [0.717, 1.165) is 33.3 Å². The summed E-state index contributed by atoms with van der Waals surface area (Å²) in [6.07, 6.45) is 0. The fourth-order valence-electron chi connectivity index (χ4n) is 4.83.